The summed E-state index contributed by atoms with van der Waals surface area (Å²) in [6.07, 6.45) is 0.255. The Morgan fingerprint density at radius 1 is 1.21 bits per heavy atom. The van der Waals surface area contributed by atoms with Crippen LogP contribution in [0.5, 0.6) is 5.75 Å². The second-order valence-corrected chi connectivity index (χ2v) is 5.49. The normalized spacial score (nSPS) is 16.7. The van der Waals surface area contributed by atoms with E-state index >= 15 is 0 Å². The monoisotopic (exact) mass is 334 g/mol. The van der Waals surface area contributed by atoms with Gasteiger partial charge >= 0.3 is 6.03 Å². The van der Waals surface area contributed by atoms with E-state index < -0.39 is 0 Å². The summed E-state index contributed by atoms with van der Waals surface area (Å²) in [7, 11) is 1.58. The van der Waals surface area contributed by atoms with Crippen LogP contribution in [0, 0.1) is 0 Å². The second-order valence-electron chi connectivity index (χ2n) is 5.49. The fourth-order valence-corrected chi connectivity index (χ4v) is 2.47. The van der Waals surface area contributed by atoms with Gasteiger partial charge in [-0.25, -0.2) is 4.79 Å². The Hall–Kier alpha value is -2.77. The van der Waals surface area contributed by atoms with Gasteiger partial charge in [0.15, 0.2) is 0 Å². The van der Waals surface area contributed by atoms with Gasteiger partial charge in [-0.2, -0.15) is 0 Å². The number of amides is 4. The molecule has 0 spiro atoms. The average molecular weight is 334 g/mol. The highest BCUT2D eigenvalue weighted by Crippen LogP contribution is 2.24. The summed E-state index contributed by atoms with van der Waals surface area (Å²) in [6, 6.07) is 6.60. The van der Waals surface area contributed by atoms with Crippen molar-refractivity contribution in [2.75, 3.05) is 31.6 Å². The van der Waals surface area contributed by atoms with Crippen LogP contribution in [0.1, 0.15) is 13.3 Å². The molecule has 4 amide bonds. The van der Waals surface area contributed by atoms with Crippen molar-refractivity contribution in [2.24, 2.45) is 0 Å². The van der Waals surface area contributed by atoms with Crippen molar-refractivity contribution < 1.29 is 19.1 Å². The van der Waals surface area contributed by atoms with Crippen molar-refractivity contribution in [3.8, 4) is 5.75 Å². The molecule has 1 aromatic rings. The van der Waals surface area contributed by atoms with Crippen LogP contribution in [-0.2, 0) is 9.59 Å². The number of carbonyl (C=O) groups excluding carboxylic acids is 3. The van der Waals surface area contributed by atoms with Crippen molar-refractivity contribution in [2.45, 2.75) is 19.4 Å². The molecule has 1 heterocycles. The predicted octanol–water partition coefficient (Wildman–Crippen LogP) is 0.236. The van der Waals surface area contributed by atoms with E-state index in [0.29, 0.717) is 19.6 Å². The number of ether oxygens (including phenoxy) is 1. The third-order valence-corrected chi connectivity index (χ3v) is 3.63. The van der Waals surface area contributed by atoms with Crippen molar-refractivity contribution in [1.82, 2.24) is 16.0 Å². The Bertz CT molecular complexity index is 603. The molecule has 130 valence electrons. The molecule has 1 fully saturated rings. The van der Waals surface area contributed by atoms with Crippen LogP contribution in [-0.4, -0.2) is 50.6 Å². The summed E-state index contributed by atoms with van der Waals surface area (Å²) < 4.78 is 5.10. The number of methoxy groups -OCH3 is 1. The van der Waals surface area contributed by atoms with Crippen molar-refractivity contribution in [3.05, 3.63) is 24.3 Å². The molecule has 8 nitrogen and oxygen atoms in total. The maximum atomic E-state index is 12.1. The molecule has 24 heavy (non-hydrogen) atoms. The number of anilines is 1. The lowest BCUT2D eigenvalue weighted by molar-refractivity contribution is -0.119. The molecule has 3 N–H and O–H groups in total. The first-order valence-corrected chi connectivity index (χ1v) is 7.73. The van der Waals surface area contributed by atoms with Crippen LogP contribution in [0.25, 0.3) is 0 Å². The van der Waals surface area contributed by atoms with Gasteiger partial charge in [0.25, 0.3) is 0 Å². The Morgan fingerprint density at radius 2 is 1.88 bits per heavy atom. The third kappa shape index (κ3) is 4.87. The molecule has 2 rings (SSSR count). The van der Waals surface area contributed by atoms with E-state index in [-0.39, 0.29) is 30.3 Å². The third-order valence-electron chi connectivity index (χ3n) is 3.63. The minimum atomic E-state index is -0.352. The summed E-state index contributed by atoms with van der Waals surface area (Å²) >= 11 is 0. The number of benzene rings is 1. The topological polar surface area (TPSA) is 99.8 Å². The van der Waals surface area contributed by atoms with Crippen LogP contribution in [0.15, 0.2) is 24.3 Å². The van der Waals surface area contributed by atoms with Crippen molar-refractivity contribution >= 4 is 23.5 Å². The number of nitrogens with one attached hydrogen (secondary N) is 3. The number of hydrogen-bond donors (Lipinski definition) is 3. The standard InChI is InChI=1S/C16H22N4O4/c1-11(21)17-7-8-18-16(23)19-12-9-15(22)20(10-12)13-3-5-14(24-2)6-4-13/h3-6,12H,7-10H2,1-2H3,(H,17,21)(H2,18,19,23). The van der Waals surface area contributed by atoms with Gasteiger partial charge in [-0.15, -0.1) is 0 Å². The maximum absolute atomic E-state index is 12.1. The molecule has 0 bridgehead atoms. The summed E-state index contributed by atoms with van der Waals surface area (Å²) in [6.45, 7) is 2.53. The maximum Gasteiger partial charge on any atom is 0.315 e. The number of hydrogen-bond acceptors (Lipinski definition) is 4. The molecular weight excluding hydrogens is 312 g/mol. The summed E-state index contributed by atoms with van der Waals surface area (Å²) in [5.74, 6) is 0.538. The van der Waals surface area contributed by atoms with Crippen molar-refractivity contribution in [1.29, 1.82) is 0 Å². The quantitative estimate of drug-likeness (QED) is 0.649. The van der Waals surface area contributed by atoms with E-state index in [1.54, 1.807) is 24.1 Å². The Kier molecular flexibility index (Phi) is 6.00. The second kappa shape index (κ2) is 8.19. The highest BCUT2D eigenvalue weighted by atomic mass is 16.5. The molecule has 0 aromatic heterocycles. The van der Waals surface area contributed by atoms with Gasteiger partial charge in [-0.1, -0.05) is 0 Å². The number of rotatable bonds is 6. The summed E-state index contributed by atoms with van der Waals surface area (Å²) in [5.41, 5.74) is 0.774. The van der Waals surface area contributed by atoms with Crippen molar-refractivity contribution in [3.63, 3.8) is 0 Å². The molecule has 8 heteroatoms. The predicted molar refractivity (Wildman–Crippen MR) is 89.0 cm³/mol. The minimum Gasteiger partial charge on any atom is -0.497 e. The van der Waals surface area contributed by atoms with E-state index in [1.807, 2.05) is 12.1 Å². The molecule has 0 radical (unpaired) electrons. The molecule has 1 aromatic carbocycles. The number of nitrogens with zero attached hydrogens (tertiary/aromatic N) is 1. The lowest BCUT2D eigenvalue weighted by Crippen LogP contribution is -2.45. The minimum absolute atomic E-state index is 0.0382. The van der Waals surface area contributed by atoms with Gasteiger partial charge in [0, 0.05) is 38.7 Å². The van der Waals surface area contributed by atoms with Crippen LogP contribution in [0.3, 0.4) is 0 Å². The fourth-order valence-electron chi connectivity index (χ4n) is 2.47. The Balaban J connectivity index is 1.81. The molecular formula is C16H22N4O4. The SMILES string of the molecule is COc1ccc(N2CC(NC(=O)NCCNC(C)=O)CC2=O)cc1. The van der Waals surface area contributed by atoms with E-state index in [2.05, 4.69) is 16.0 Å². The Labute approximate surface area is 140 Å². The first kappa shape index (κ1) is 17.6. The molecule has 1 aliphatic rings. The fraction of sp³-hybridized carbons (Fsp3) is 0.438. The summed E-state index contributed by atoms with van der Waals surface area (Å²) in [4.78, 5) is 36.3. The zero-order valence-electron chi connectivity index (χ0n) is 13.8. The smallest absolute Gasteiger partial charge is 0.315 e. The molecule has 0 aliphatic carbocycles. The molecule has 0 saturated carbocycles. The number of carbonyl (C=O) groups is 3. The zero-order valence-corrected chi connectivity index (χ0v) is 13.8. The number of urea groups is 1. The first-order chi connectivity index (χ1) is 11.5. The molecule has 1 saturated heterocycles. The van der Waals surface area contributed by atoms with Gasteiger partial charge in [-0.3, -0.25) is 9.59 Å². The molecule has 1 unspecified atom stereocenters. The van der Waals surface area contributed by atoms with Gasteiger partial charge in [0.05, 0.1) is 13.2 Å². The van der Waals surface area contributed by atoms with Gasteiger partial charge in [0.2, 0.25) is 11.8 Å². The Morgan fingerprint density at radius 3 is 2.50 bits per heavy atom. The zero-order chi connectivity index (χ0) is 17.5. The van der Waals surface area contributed by atoms with Gasteiger partial charge < -0.3 is 25.6 Å². The first-order valence-electron chi connectivity index (χ1n) is 7.73. The van der Waals surface area contributed by atoms with Crippen LogP contribution < -0.4 is 25.6 Å². The summed E-state index contributed by atoms with van der Waals surface area (Å²) in [5, 5.41) is 7.99. The van der Waals surface area contributed by atoms with Crippen LogP contribution in [0.4, 0.5) is 10.5 Å². The average Bonchev–Trinajstić information content (AvgIpc) is 2.92. The lowest BCUT2D eigenvalue weighted by Gasteiger charge is -2.17. The van der Waals surface area contributed by atoms with Crippen LogP contribution in [0.2, 0.25) is 0 Å². The van der Waals surface area contributed by atoms with E-state index in [4.69, 9.17) is 4.74 Å². The van der Waals surface area contributed by atoms with Gasteiger partial charge in [-0.05, 0) is 24.3 Å². The van der Waals surface area contributed by atoms with E-state index in [0.717, 1.165) is 11.4 Å². The van der Waals surface area contributed by atoms with E-state index in [9.17, 15) is 14.4 Å². The van der Waals surface area contributed by atoms with Crippen LogP contribution >= 0.6 is 0 Å². The lowest BCUT2D eigenvalue weighted by atomic mass is 10.2. The highest BCUT2D eigenvalue weighted by Gasteiger charge is 2.31. The molecule has 1 atom stereocenters. The highest BCUT2D eigenvalue weighted by molar-refractivity contribution is 5.96. The van der Waals surface area contributed by atoms with Gasteiger partial charge in [0.1, 0.15) is 5.75 Å². The molecule has 1 aliphatic heterocycles. The van der Waals surface area contributed by atoms with E-state index in [1.165, 1.54) is 6.92 Å². The largest absolute Gasteiger partial charge is 0.497 e.